The highest BCUT2D eigenvalue weighted by molar-refractivity contribution is 6.08. The van der Waals surface area contributed by atoms with Gasteiger partial charge in [-0.3, -0.25) is 9.89 Å². The Morgan fingerprint density at radius 3 is 2.86 bits per heavy atom. The number of aliphatic hydroxyl groups is 2. The van der Waals surface area contributed by atoms with E-state index < -0.39 is 48.0 Å². The second-order valence-electron chi connectivity index (χ2n) is 8.68. The molecule has 1 aromatic carbocycles. The second kappa shape index (κ2) is 9.52. The molecule has 2 fully saturated rings. The monoisotopic (exact) mass is 508 g/mol. The molecule has 0 unspecified atom stereocenters. The Kier molecular flexibility index (Phi) is 6.40. The quantitative estimate of drug-likeness (QED) is 0.398. The van der Waals surface area contributed by atoms with Crippen molar-refractivity contribution in [3.63, 3.8) is 0 Å². The lowest BCUT2D eigenvalue weighted by molar-refractivity contribution is -0.0923. The number of carbonyl (C=O) groups excluding carboxylic acids is 1. The minimum atomic E-state index is -1.45. The summed E-state index contributed by atoms with van der Waals surface area (Å²) in [6, 6.07) is -0.106. The molecule has 3 aromatic rings. The van der Waals surface area contributed by atoms with Crippen LogP contribution in [0.2, 0.25) is 0 Å². The molecule has 5 atom stereocenters. The minimum Gasteiger partial charge on any atom is -0.493 e. The zero-order valence-corrected chi connectivity index (χ0v) is 19.0. The van der Waals surface area contributed by atoms with Gasteiger partial charge >= 0.3 is 0 Å². The molecule has 36 heavy (non-hydrogen) atoms. The fourth-order valence-electron chi connectivity index (χ4n) is 4.69. The molecule has 0 saturated carbocycles. The zero-order valence-electron chi connectivity index (χ0n) is 19.0. The average Bonchev–Trinajstić information content (AvgIpc) is 3.45. The van der Waals surface area contributed by atoms with Gasteiger partial charge in [0.2, 0.25) is 0 Å². The molecule has 0 radical (unpaired) electrons. The van der Waals surface area contributed by atoms with Crippen LogP contribution in [0.3, 0.4) is 0 Å². The average molecular weight is 508 g/mol. The van der Waals surface area contributed by atoms with Crippen molar-refractivity contribution in [2.45, 2.75) is 36.9 Å². The van der Waals surface area contributed by atoms with E-state index in [0.29, 0.717) is 6.07 Å². The predicted molar refractivity (Wildman–Crippen MR) is 118 cm³/mol. The van der Waals surface area contributed by atoms with Crippen LogP contribution < -0.4 is 10.1 Å². The highest BCUT2D eigenvalue weighted by Gasteiger charge is 2.40. The van der Waals surface area contributed by atoms with Crippen LogP contribution in [0.25, 0.3) is 11.0 Å². The molecule has 192 valence electrons. The summed E-state index contributed by atoms with van der Waals surface area (Å²) in [4.78, 5) is 23.0. The van der Waals surface area contributed by atoms with E-state index in [1.54, 1.807) is 0 Å². The van der Waals surface area contributed by atoms with Gasteiger partial charge in [-0.1, -0.05) is 0 Å². The van der Waals surface area contributed by atoms with Crippen LogP contribution >= 0.6 is 0 Å². The van der Waals surface area contributed by atoms with Gasteiger partial charge in [0.1, 0.15) is 42.0 Å². The van der Waals surface area contributed by atoms with E-state index in [0.717, 1.165) is 11.0 Å². The fraction of sp³-hybridized carbons (Fsp3) is 0.455. The van der Waals surface area contributed by atoms with Gasteiger partial charge in [-0.2, -0.15) is 5.10 Å². The smallest absolute Gasteiger partial charge is 0.273 e. The number of nitrogens with zero attached hydrogens (tertiary/aromatic N) is 4. The van der Waals surface area contributed by atoms with Crippen LogP contribution in [-0.4, -0.2) is 92.5 Å². The first-order valence-electron chi connectivity index (χ1n) is 11.2. The number of H-pyrrole nitrogens is 1. The summed E-state index contributed by atoms with van der Waals surface area (Å²) in [5.74, 6) is -2.71. The number of aromatic nitrogens is 4. The Morgan fingerprint density at radius 1 is 1.28 bits per heavy atom. The number of ether oxygens (including phenoxy) is 2. The lowest BCUT2D eigenvalue weighted by atomic mass is 10.0. The Hall–Kier alpha value is -3.49. The number of hydrogen-bond donors (Lipinski definition) is 4. The van der Waals surface area contributed by atoms with Crippen LogP contribution in [0.1, 0.15) is 28.5 Å². The highest BCUT2D eigenvalue weighted by Crippen LogP contribution is 2.41. The highest BCUT2D eigenvalue weighted by atomic mass is 19.1. The third kappa shape index (κ3) is 4.20. The number of aromatic amines is 1. The number of likely N-dealkylation sites (tertiary alicyclic amines) is 1. The Morgan fingerprint density at radius 2 is 2.08 bits per heavy atom. The van der Waals surface area contributed by atoms with Gasteiger partial charge in [0.15, 0.2) is 17.2 Å². The first-order valence-corrected chi connectivity index (χ1v) is 11.2. The number of alkyl halides is 1. The topological polar surface area (TPSA) is 146 Å². The Bertz CT molecular complexity index is 1290. The van der Waals surface area contributed by atoms with Gasteiger partial charge in [0.25, 0.3) is 5.91 Å². The number of benzene rings is 1. The lowest BCUT2D eigenvalue weighted by Gasteiger charge is -2.32. The predicted octanol–water partition coefficient (Wildman–Crippen LogP) is 1.10. The van der Waals surface area contributed by atoms with Crippen LogP contribution in [0.15, 0.2) is 18.5 Å². The van der Waals surface area contributed by atoms with Gasteiger partial charge in [0.05, 0.1) is 44.3 Å². The number of halogens is 3. The van der Waals surface area contributed by atoms with E-state index in [-0.39, 0.29) is 60.0 Å². The molecule has 0 spiro atoms. The largest absolute Gasteiger partial charge is 0.493 e. The molecule has 4 N–H and O–H groups in total. The number of fused-ring (bicyclic) bond motifs is 1. The summed E-state index contributed by atoms with van der Waals surface area (Å²) >= 11 is 0. The van der Waals surface area contributed by atoms with Crippen molar-refractivity contribution in [3.05, 3.63) is 41.4 Å². The molecule has 11 nitrogen and oxygen atoms in total. The van der Waals surface area contributed by atoms with Gasteiger partial charge in [0, 0.05) is 18.1 Å². The van der Waals surface area contributed by atoms with E-state index in [2.05, 4.69) is 25.5 Å². The van der Waals surface area contributed by atoms with E-state index in [1.807, 2.05) is 0 Å². The van der Waals surface area contributed by atoms with E-state index >= 15 is 0 Å². The number of carbonyl (C=O) groups is 1. The van der Waals surface area contributed by atoms with E-state index in [9.17, 15) is 28.2 Å². The van der Waals surface area contributed by atoms with Crippen LogP contribution in [-0.2, 0) is 4.74 Å². The fourth-order valence-corrected chi connectivity index (χ4v) is 4.69. The van der Waals surface area contributed by atoms with Crippen molar-refractivity contribution in [1.82, 2.24) is 25.1 Å². The molecule has 4 heterocycles. The van der Waals surface area contributed by atoms with E-state index in [4.69, 9.17) is 9.47 Å². The minimum absolute atomic E-state index is 0.00150. The first kappa shape index (κ1) is 24.2. The molecule has 1 amide bonds. The van der Waals surface area contributed by atoms with Crippen molar-refractivity contribution in [2.24, 2.45) is 0 Å². The molecule has 2 aromatic heterocycles. The van der Waals surface area contributed by atoms with Crippen molar-refractivity contribution in [1.29, 1.82) is 0 Å². The maximum absolute atomic E-state index is 14.6. The number of rotatable bonds is 5. The molecule has 2 saturated heterocycles. The van der Waals surface area contributed by atoms with Gasteiger partial charge < -0.3 is 29.9 Å². The third-order valence-electron chi connectivity index (χ3n) is 6.39. The maximum atomic E-state index is 14.6. The lowest BCUT2D eigenvalue weighted by Crippen LogP contribution is -2.51. The molecular weight excluding hydrogens is 485 g/mol. The van der Waals surface area contributed by atoms with Crippen LogP contribution in [0.5, 0.6) is 5.75 Å². The van der Waals surface area contributed by atoms with E-state index in [1.165, 1.54) is 13.4 Å². The third-order valence-corrected chi connectivity index (χ3v) is 6.39. The molecular formula is C22H23F3N6O5. The number of nitrogens with one attached hydrogen (secondary N) is 2. The van der Waals surface area contributed by atoms with Crippen LogP contribution in [0.4, 0.5) is 19.0 Å². The molecule has 0 aliphatic carbocycles. The molecule has 2 aliphatic rings. The van der Waals surface area contributed by atoms with Crippen molar-refractivity contribution >= 4 is 22.8 Å². The summed E-state index contributed by atoms with van der Waals surface area (Å²) in [5.41, 5.74) is 0.0257. The standard InChI is InChI=1S/C22H23F3N6O5/c1-35-19-11(2-9(23)3-12(19)25)14-4-10(24)5-31(14)22(34)17-16-20(26-8-27-21(16)30-29-17)28-13-6-36-7-15(32)18(13)33/h2-3,8,10,13-15,18,32-33H,4-7H2,1H3,(H2,26,27,28,29,30)/t10-,13+,14+,15+,18-/m0/s1. The van der Waals surface area contributed by atoms with Crippen molar-refractivity contribution < 1.29 is 37.7 Å². The molecule has 5 rings (SSSR count). The molecule has 0 bridgehead atoms. The number of anilines is 1. The van der Waals surface area contributed by atoms with Crippen molar-refractivity contribution in [2.75, 3.05) is 32.2 Å². The summed E-state index contributed by atoms with van der Waals surface area (Å²) in [5, 5.41) is 30.0. The summed E-state index contributed by atoms with van der Waals surface area (Å²) in [6.07, 6.45) is -2.73. The van der Waals surface area contributed by atoms with Crippen LogP contribution in [0, 0.1) is 11.6 Å². The molecule has 14 heteroatoms. The summed E-state index contributed by atoms with van der Waals surface area (Å²) in [7, 11) is 1.20. The normalized spacial score (nSPS) is 26.4. The number of aliphatic hydroxyl groups excluding tert-OH is 2. The Balaban J connectivity index is 1.52. The first-order chi connectivity index (χ1) is 17.3. The number of methoxy groups -OCH3 is 1. The summed E-state index contributed by atoms with van der Waals surface area (Å²) < 4.78 is 53.3. The van der Waals surface area contributed by atoms with Gasteiger partial charge in [-0.05, 0) is 6.07 Å². The molecule has 2 aliphatic heterocycles. The number of amides is 1. The van der Waals surface area contributed by atoms with Gasteiger partial charge in [-0.15, -0.1) is 0 Å². The second-order valence-corrected chi connectivity index (χ2v) is 8.68. The SMILES string of the molecule is COc1c(F)cc(F)cc1[C@H]1C[C@H](F)CN1C(=O)c1[nH]nc2ncnc(N[C@@H]3COC[C@@H](O)[C@H]3O)c12. The number of hydrogen-bond acceptors (Lipinski definition) is 9. The van der Waals surface area contributed by atoms with Crippen molar-refractivity contribution in [3.8, 4) is 5.75 Å². The maximum Gasteiger partial charge on any atom is 0.273 e. The zero-order chi connectivity index (χ0) is 25.6. The Labute approximate surface area is 202 Å². The van der Waals surface area contributed by atoms with Gasteiger partial charge in [-0.25, -0.2) is 23.1 Å². The summed E-state index contributed by atoms with van der Waals surface area (Å²) in [6.45, 7) is -0.296.